The number of piperidine rings is 1. The normalized spacial score (nSPS) is 17.4. The standard InChI is InChI=1S/C15H23NO3/c1-18-14-4-3-12(11-15(14)19-2)5-8-16-9-6-13(17)7-10-16/h3-4,11,13,17H,5-10H2,1-2H3. The zero-order chi connectivity index (χ0) is 13.7. The van der Waals surface area contributed by atoms with Crippen molar-refractivity contribution in [2.45, 2.75) is 25.4 Å². The van der Waals surface area contributed by atoms with Gasteiger partial charge in [0.25, 0.3) is 0 Å². The number of hydrogen-bond acceptors (Lipinski definition) is 4. The Labute approximate surface area is 114 Å². The summed E-state index contributed by atoms with van der Waals surface area (Å²) in [4.78, 5) is 2.41. The number of methoxy groups -OCH3 is 2. The van der Waals surface area contributed by atoms with E-state index in [1.807, 2.05) is 12.1 Å². The van der Waals surface area contributed by atoms with E-state index in [1.54, 1.807) is 14.2 Å². The molecule has 0 amide bonds. The first-order valence-corrected chi connectivity index (χ1v) is 6.84. The zero-order valence-electron chi connectivity index (χ0n) is 11.8. The molecule has 1 heterocycles. The Balaban J connectivity index is 1.89. The first kappa shape index (κ1) is 14.2. The number of benzene rings is 1. The summed E-state index contributed by atoms with van der Waals surface area (Å²) >= 11 is 0. The molecule has 0 aliphatic carbocycles. The second kappa shape index (κ2) is 6.78. The number of ether oxygens (including phenoxy) is 2. The van der Waals surface area contributed by atoms with Gasteiger partial charge in [-0.2, -0.15) is 0 Å². The minimum absolute atomic E-state index is 0.0997. The van der Waals surface area contributed by atoms with Crippen LogP contribution in [0.15, 0.2) is 18.2 Å². The SMILES string of the molecule is COc1ccc(CCN2CCC(O)CC2)cc1OC. The number of aliphatic hydroxyl groups is 1. The van der Waals surface area contributed by atoms with Gasteiger partial charge in [-0.15, -0.1) is 0 Å². The summed E-state index contributed by atoms with van der Waals surface area (Å²) in [6.07, 6.45) is 2.69. The van der Waals surface area contributed by atoms with E-state index < -0.39 is 0 Å². The third-order valence-corrected chi connectivity index (χ3v) is 3.72. The summed E-state index contributed by atoms with van der Waals surface area (Å²) in [6.45, 7) is 3.02. The molecule has 0 saturated carbocycles. The van der Waals surface area contributed by atoms with E-state index in [4.69, 9.17) is 9.47 Å². The molecule has 0 spiro atoms. The number of hydrogen-bond donors (Lipinski definition) is 1. The van der Waals surface area contributed by atoms with Crippen LogP contribution in [0, 0.1) is 0 Å². The van der Waals surface area contributed by atoms with Gasteiger partial charge in [0.15, 0.2) is 11.5 Å². The van der Waals surface area contributed by atoms with Crippen LogP contribution in [0.2, 0.25) is 0 Å². The maximum atomic E-state index is 9.48. The second-order valence-corrected chi connectivity index (χ2v) is 5.01. The van der Waals surface area contributed by atoms with Gasteiger partial charge in [0.05, 0.1) is 20.3 Å². The molecule has 1 aliphatic heterocycles. The lowest BCUT2D eigenvalue weighted by atomic mass is 10.1. The molecule has 0 aromatic heterocycles. The first-order chi connectivity index (χ1) is 9.22. The van der Waals surface area contributed by atoms with E-state index in [0.29, 0.717) is 0 Å². The Morgan fingerprint density at radius 1 is 1.16 bits per heavy atom. The van der Waals surface area contributed by atoms with E-state index in [9.17, 15) is 5.11 Å². The van der Waals surface area contributed by atoms with Crippen LogP contribution < -0.4 is 9.47 Å². The van der Waals surface area contributed by atoms with Gasteiger partial charge in [-0.25, -0.2) is 0 Å². The summed E-state index contributed by atoms with van der Waals surface area (Å²) in [5.41, 5.74) is 1.25. The maximum absolute atomic E-state index is 9.48. The highest BCUT2D eigenvalue weighted by molar-refractivity contribution is 5.42. The molecule has 0 atom stereocenters. The lowest BCUT2D eigenvalue weighted by Gasteiger charge is -2.29. The third kappa shape index (κ3) is 3.85. The first-order valence-electron chi connectivity index (χ1n) is 6.84. The Morgan fingerprint density at radius 3 is 2.47 bits per heavy atom. The van der Waals surface area contributed by atoms with Crippen LogP contribution in [-0.4, -0.2) is 50.0 Å². The van der Waals surface area contributed by atoms with Gasteiger partial charge in [0, 0.05) is 19.6 Å². The van der Waals surface area contributed by atoms with E-state index in [2.05, 4.69) is 11.0 Å². The van der Waals surface area contributed by atoms with Gasteiger partial charge in [-0.3, -0.25) is 0 Å². The lowest BCUT2D eigenvalue weighted by Crippen LogP contribution is -2.37. The van der Waals surface area contributed by atoms with E-state index in [0.717, 1.165) is 50.4 Å². The molecule has 1 fully saturated rings. The molecule has 4 nitrogen and oxygen atoms in total. The van der Waals surface area contributed by atoms with Crippen LogP contribution in [0.25, 0.3) is 0 Å². The summed E-state index contributed by atoms with van der Waals surface area (Å²) in [5.74, 6) is 1.56. The Bertz CT molecular complexity index is 400. The average Bonchev–Trinajstić information content (AvgIpc) is 2.46. The molecule has 0 unspecified atom stereocenters. The van der Waals surface area contributed by atoms with E-state index >= 15 is 0 Å². The molecule has 1 N–H and O–H groups in total. The van der Waals surface area contributed by atoms with Crippen LogP contribution >= 0.6 is 0 Å². The second-order valence-electron chi connectivity index (χ2n) is 5.01. The molecule has 0 bridgehead atoms. The minimum Gasteiger partial charge on any atom is -0.493 e. The fourth-order valence-corrected chi connectivity index (χ4v) is 2.47. The number of rotatable bonds is 5. The number of nitrogens with zero attached hydrogens (tertiary/aromatic N) is 1. The predicted molar refractivity (Wildman–Crippen MR) is 74.9 cm³/mol. The van der Waals surface area contributed by atoms with Gasteiger partial charge in [-0.05, 0) is 37.0 Å². The summed E-state index contributed by atoms with van der Waals surface area (Å²) in [6, 6.07) is 6.08. The summed E-state index contributed by atoms with van der Waals surface area (Å²) < 4.78 is 10.5. The molecule has 1 aromatic rings. The predicted octanol–water partition coefficient (Wildman–Crippen LogP) is 1.70. The van der Waals surface area contributed by atoms with Gasteiger partial charge >= 0.3 is 0 Å². The van der Waals surface area contributed by atoms with Crippen molar-refractivity contribution in [2.24, 2.45) is 0 Å². The Hall–Kier alpha value is -1.26. The van der Waals surface area contributed by atoms with Crippen molar-refractivity contribution in [3.8, 4) is 11.5 Å². The molecular weight excluding hydrogens is 242 g/mol. The molecule has 1 aromatic carbocycles. The highest BCUT2D eigenvalue weighted by atomic mass is 16.5. The monoisotopic (exact) mass is 265 g/mol. The number of aliphatic hydroxyl groups excluding tert-OH is 1. The largest absolute Gasteiger partial charge is 0.493 e. The van der Waals surface area contributed by atoms with Crippen LogP contribution in [0.5, 0.6) is 11.5 Å². The summed E-state index contributed by atoms with van der Waals surface area (Å²) in [7, 11) is 3.31. The molecular formula is C15H23NO3. The minimum atomic E-state index is -0.0997. The van der Waals surface area contributed by atoms with Crippen LogP contribution in [-0.2, 0) is 6.42 Å². The molecule has 106 valence electrons. The van der Waals surface area contributed by atoms with Crippen molar-refractivity contribution in [3.05, 3.63) is 23.8 Å². The van der Waals surface area contributed by atoms with Crippen molar-refractivity contribution in [1.82, 2.24) is 4.90 Å². The number of likely N-dealkylation sites (tertiary alicyclic amines) is 1. The Kier molecular flexibility index (Phi) is 5.05. The van der Waals surface area contributed by atoms with Gasteiger partial charge in [-0.1, -0.05) is 6.07 Å². The van der Waals surface area contributed by atoms with Gasteiger partial charge in [0.2, 0.25) is 0 Å². The van der Waals surface area contributed by atoms with Crippen molar-refractivity contribution >= 4 is 0 Å². The fraction of sp³-hybridized carbons (Fsp3) is 0.600. The van der Waals surface area contributed by atoms with Gasteiger partial charge < -0.3 is 19.5 Å². The van der Waals surface area contributed by atoms with Crippen molar-refractivity contribution < 1.29 is 14.6 Å². The molecule has 1 saturated heterocycles. The quantitative estimate of drug-likeness (QED) is 0.880. The molecule has 1 aliphatic rings. The fourth-order valence-electron chi connectivity index (χ4n) is 2.47. The highest BCUT2D eigenvalue weighted by Crippen LogP contribution is 2.27. The summed E-state index contributed by atoms with van der Waals surface area (Å²) in [5, 5.41) is 9.48. The van der Waals surface area contributed by atoms with Crippen LogP contribution in [0.4, 0.5) is 0 Å². The lowest BCUT2D eigenvalue weighted by molar-refractivity contribution is 0.0832. The van der Waals surface area contributed by atoms with E-state index in [1.165, 1.54) is 5.56 Å². The molecule has 2 rings (SSSR count). The smallest absolute Gasteiger partial charge is 0.160 e. The van der Waals surface area contributed by atoms with Crippen LogP contribution in [0.3, 0.4) is 0 Å². The molecule has 19 heavy (non-hydrogen) atoms. The average molecular weight is 265 g/mol. The van der Waals surface area contributed by atoms with Crippen molar-refractivity contribution in [3.63, 3.8) is 0 Å². The van der Waals surface area contributed by atoms with E-state index in [-0.39, 0.29) is 6.10 Å². The Morgan fingerprint density at radius 2 is 1.84 bits per heavy atom. The molecule has 0 radical (unpaired) electrons. The highest BCUT2D eigenvalue weighted by Gasteiger charge is 2.16. The van der Waals surface area contributed by atoms with Crippen molar-refractivity contribution in [1.29, 1.82) is 0 Å². The van der Waals surface area contributed by atoms with Gasteiger partial charge in [0.1, 0.15) is 0 Å². The maximum Gasteiger partial charge on any atom is 0.160 e. The van der Waals surface area contributed by atoms with Crippen molar-refractivity contribution in [2.75, 3.05) is 33.9 Å². The topological polar surface area (TPSA) is 41.9 Å². The third-order valence-electron chi connectivity index (χ3n) is 3.72. The van der Waals surface area contributed by atoms with Crippen LogP contribution in [0.1, 0.15) is 18.4 Å². The molecule has 4 heteroatoms. The zero-order valence-corrected chi connectivity index (χ0v) is 11.8.